The molecule has 0 bridgehead atoms. The molecule has 0 aromatic heterocycles. The van der Waals surface area contributed by atoms with Gasteiger partial charge in [0.15, 0.2) is 0 Å². The summed E-state index contributed by atoms with van der Waals surface area (Å²) in [6.07, 6.45) is 0.419. The summed E-state index contributed by atoms with van der Waals surface area (Å²) in [4.78, 5) is 28.8. The molecule has 1 heterocycles. The molecule has 7 heteroatoms. The lowest BCUT2D eigenvalue weighted by atomic mass is 10.1. The van der Waals surface area contributed by atoms with Gasteiger partial charge in [0.2, 0.25) is 5.91 Å². The molecule has 0 aliphatic carbocycles. The zero-order valence-electron chi connectivity index (χ0n) is 18.3. The van der Waals surface area contributed by atoms with Crippen molar-refractivity contribution < 1.29 is 19.4 Å². The van der Waals surface area contributed by atoms with E-state index in [4.69, 9.17) is 4.74 Å². The minimum atomic E-state index is -0.550. The monoisotopic (exact) mass is 405 g/mol. The molecule has 0 radical (unpaired) electrons. The van der Waals surface area contributed by atoms with Crippen molar-refractivity contribution in [3.05, 3.63) is 29.8 Å². The molecule has 1 fully saturated rings. The van der Waals surface area contributed by atoms with Crippen LogP contribution in [-0.4, -0.2) is 70.8 Å². The predicted octanol–water partition coefficient (Wildman–Crippen LogP) is 2.88. The number of nitrogens with one attached hydrogen (secondary N) is 1. The Morgan fingerprint density at radius 1 is 1.24 bits per heavy atom. The van der Waals surface area contributed by atoms with Crippen molar-refractivity contribution in [3.8, 4) is 0 Å². The van der Waals surface area contributed by atoms with Gasteiger partial charge in [0, 0.05) is 37.9 Å². The fraction of sp³-hybridized carbons (Fsp3) is 0.636. The SMILES string of the molecule is CCC1CN(C(=O)Cc2ccc(NC(=O)OC(C)(C)C)cc2)CCN1CC(C)O. The molecular weight excluding hydrogens is 370 g/mol. The van der Waals surface area contributed by atoms with Crippen LogP contribution in [0.2, 0.25) is 0 Å². The quantitative estimate of drug-likeness (QED) is 0.761. The number of β-amino-alcohol motifs (C(OH)–C–C–N with tert-alkyl or cyclic N) is 1. The number of carbonyl (C=O) groups excluding carboxylic acids is 2. The molecule has 1 aromatic carbocycles. The van der Waals surface area contributed by atoms with Crippen molar-refractivity contribution in [2.75, 3.05) is 31.5 Å². The number of aliphatic hydroxyl groups is 1. The van der Waals surface area contributed by atoms with E-state index >= 15 is 0 Å². The van der Waals surface area contributed by atoms with Gasteiger partial charge in [0.1, 0.15) is 5.60 Å². The minimum Gasteiger partial charge on any atom is -0.444 e. The highest BCUT2D eigenvalue weighted by Crippen LogP contribution is 2.17. The average molecular weight is 406 g/mol. The van der Waals surface area contributed by atoms with Crippen molar-refractivity contribution in [1.29, 1.82) is 0 Å². The highest BCUT2D eigenvalue weighted by Gasteiger charge is 2.28. The summed E-state index contributed by atoms with van der Waals surface area (Å²) >= 11 is 0. The first-order valence-electron chi connectivity index (χ1n) is 10.4. The van der Waals surface area contributed by atoms with E-state index in [9.17, 15) is 14.7 Å². The van der Waals surface area contributed by atoms with Crippen LogP contribution < -0.4 is 5.32 Å². The fourth-order valence-electron chi connectivity index (χ4n) is 3.50. The highest BCUT2D eigenvalue weighted by atomic mass is 16.6. The first-order valence-corrected chi connectivity index (χ1v) is 10.4. The third kappa shape index (κ3) is 7.66. The van der Waals surface area contributed by atoms with Crippen LogP contribution in [0.15, 0.2) is 24.3 Å². The molecule has 7 nitrogen and oxygen atoms in total. The first kappa shape index (κ1) is 23.2. The predicted molar refractivity (Wildman–Crippen MR) is 114 cm³/mol. The number of ether oxygens (including phenoxy) is 1. The maximum absolute atomic E-state index is 12.7. The van der Waals surface area contributed by atoms with E-state index in [0.717, 1.165) is 18.5 Å². The topological polar surface area (TPSA) is 82.1 Å². The number of amides is 2. The van der Waals surface area contributed by atoms with E-state index in [-0.39, 0.29) is 18.1 Å². The largest absolute Gasteiger partial charge is 0.444 e. The van der Waals surface area contributed by atoms with Crippen molar-refractivity contribution in [2.24, 2.45) is 0 Å². The second-order valence-electron chi connectivity index (χ2n) is 8.75. The Morgan fingerprint density at radius 3 is 2.45 bits per heavy atom. The van der Waals surface area contributed by atoms with Crippen LogP contribution in [0.1, 0.15) is 46.6 Å². The van der Waals surface area contributed by atoms with Crippen LogP contribution in [0.25, 0.3) is 0 Å². The molecule has 2 amide bonds. The molecular formula is C22H35N3O4. The Labute approximate surface area is 174 Å². The van der Waals surface area contributed by atoms with Gasteiger partial charge in [0.25, 0.3) is 0 Å². The van der Waals surface area contributed by atoms with Crippen LogP contribution in [0.5, 0.6) is 0 Å². The number of benzene rings is 1. The number of anilines is 1. The maximum atomic E-state index is 12.7. The summed E-state index contributed by atoms with van der Waals surface area (Å²) < 4.78 is 5.24. The smallest absolute Gasteiger partial charge is 0.412 e. The van der Waals surface area contributed by atoms with Crippen LogP contribution in [0, 0.1) is 0 Å². The Balaban J connectivity index is 1.88. The summed E-state index contributed by atoms with van der Waals surface area (Å²) in [7, 11) is 0. The van der Waals surface area contributed by atoms with Crippen molar-refractivity contribution in [1.82, 2.24) is 9.80 Å². The van der Waals surface area contributed by atoms with Gasteiger partial charge in [-0.15, -0.1) is 0 Å². The van der Waals surface area contributed by atoms with E-state index in [1.165, 1.54) is 0 Å². The number of aliphatic hydroxyl groups excluding tert-OH is 1. The number of piperazine rings is 1. The lowest BCUT2D eigenvalue weighted by Crippen LogP contribution is -2.56. The Morgan fingerprint density at radius 2 is 1.90 bits per heavy atom. The second-order valence-corrected chi connectivity index (χ2v) is 8.75. The molecule has 2 rings (SSSR count). The third-order valence-electron chi connectivity index (χ3n) is 4.88. The Kier molecular flexibility index (Phi) is 8.05. The van der Waals surface area contributed by atoms with Gasteiger partial charge in [-0.1, -0.05) is 19.1 Å². The lowest BCUT2D eigenvalue weighted by molar-refractivity contribution is -0.133. The van der Waals surface area contributed by atoms with Crippen LogP contribution in [-0.2, 0) is 16.0 Å². The molecule has 2 unspecified atom stereocenters. The van der Waals surface area contributed by atoms with Crippen molar-refractivity contribution >= 4 is 17.7 Å². The van der Waals surface area contributed by atoms with Gasteiger partial charge in [0.05, 0.1) is 12.5 Å². The minimum absolute atomic E-state index is 0.105. The molecule has 29 heavy (non-hydrogen) atoms. The number of hydrogen-bond donors (Lipinski definition) is 2. The number of nitrogens with zero attached hydrogens (tertiary/aromatic N) is 2. The number of hydrogen-bond acceptors (Lipinski definition) is 5. The normalized spacial score (nSPS) is 19.0. The first-order chi connectivity index (χ1) is 13.6. The van der Waals surface area contributed by atoms with Crippen LogP contribution in [0.4, 0.5) is 10.5 Å². The highest BCUT2D eigenvalue weighted by molar-refractivity contribution is 5.85. The lowest BCUT2D eigenvalue weighted by Gasteiger charge is -2.41. The van der Waals surface area contributed by atoms with E-state index in [1.54, 1.807) is 19.1 Å². The zero-order valence-corrected chi connectivity index (χ0v) is 18.3. The van der Waals surface area contributed by atoms with Gasteiger partial charge >= 0.3 is 6.09 Å². The van der Waals surface area contributed by atoms with Crippen molar-refractivity contribution in [3.63, 3.8) is 0 Å². The molecule has 1 aromatic rings. The molecule has 2 N–H and O–H groups in total. The average Bonchev–Trinajstić information content (AvgIpc) is 2.61. The standard InChI is InChI=1S/C22H35N3O4/c1-6-19-15-25(12-11-24(19)14-16(2)26)20(27)13-17-7-9-18(10-8-17)23-21(28)29-22(3,4)5/h7-10,16,19,26H,6,11-15H2,1-5H3,(H,23,28). The zero-order chi connectivity index (χ0) is 21.6. The van der Waals surface area contributed by atoms with E-state index in [0.29, 0.717) is 31.7 Å². The Hall–Kier alpha value is -2.12. The van der Waals surface area contributed by atoms with Gasteiger partial charge in [-0.25, -0.2) is 4.79 Å². The molecule has 0 spiro atoms. The molecule has 0 saturated carbocycles. The van der Waals surface area contributed by atoms with Gasteiger partial charge in [-0.3, -0.25) is 15.0 Å². The maximum Gasteiger partial charge on any atom is 0.412 e. The molecule has 2 atom stereocenters. The molecule has 1 aliphatic rings. The van der Waals surface area contributed by atoms with Crippen LogP contribution >= 0.6 is 0 Å². The van der Waals surface area contributed by atoms with E-state index in [1.807, 2.05) is 37.8 Å². The summed E-state index contributed by atoms with van der Waals surface area (Å²) in [5, 5.41) is 12.4. The number of carbonyl (C=O) groups is 2. The van der Waals surface area contributed by atoms with Gasteiger partial charge in [-0.2, -0.15) is 0 Å². The van der Waals surface area contributed by atoms with Crippen molar-refractivity contribution in [2.45, 2.75) is 65.2 Å². The van der Waals surface area contributed by atoms with Gasteiger partial charge in [-0.05, 0) is 51.8 Å². The Bertz CT molecular complexity index is 682. The summed E-state index contributed by atoms with van der Waals surface area (Å²) in [6.45, 7) is 12.2. The number of rotatable bonds is 6. The summed E-state index contributed by atoms with van der Waals surface area (Å²) in [6, 6.07) is 7.55. The molecule has 1 aliphatic heterocycles. The molecule has 1 saturated heterocycles. The van der Waals surface area contributed by atoms with Gasteiger partial charge < -0.3 is 14.7 Å². The van der Waals surface area contributed by atoms with E-state index < -0.39 is 11.7 Å². The fourth-order valence-corrected chi connectivity index (χ4v) is 3.50. The van der Waals surface area contributed by atoms with Crippen LogP contribution in [0.3, 0.4) is 0 Å². The molecule has 162 valence electrons. The second kappa shape index (κ2) is 10.1. The summed E-state index contributed by atoms with van der Waals surface area (Å²) in [5.41, 5.74) is 0.990. The van der Waals surface area contributed by atoms with E-state index in [2.05, 4.69) is 17.1 Å². The third-order valence-corrected chi connectivity index (χ3v) is 4.88. The summed E-state index contributed by atoms with van der Waals surface area (Å²) in [5.74, 6) is 0.105.